The first-order valence-electron chi connectivity index (χ1n) is 25.2. The molecule has 0 rings (SSSR count). The van der Waals surface area contributed by atoms with Gasteiger partial charge in [0.25, 0.3) is 0 Å². The zero-order valence-electron chi connectivity index (χ0n) is 40.1. The molecule has 0 spiro atoms. The number of hydrogen-bond acceptors (Lipinski definition) is 6. The van der Waals surface area contributed by atoms with Crippen molar-refractivity contribution in [2.24, 2.45) is 0 Å². The second-order valence-corrected chi connectivity index (χ2v) is 16.3. The molecule has 352 valence electrons. The minimum atomic E-state index is -0.808. The molecule has 0 bridgehead atoms. The normalized spacial score (nSPS) is 12.9. The number of hydrogen-bond donors (Lipinski definition) is 0. The number of ether oxygens (including phenoxy) is 3. The van der Waals surface area contributed by atoms with E-state index < -0.39 is 6.10 Å². The maximum Gasteiger partial charge on any atom is 0.306 e. The fourth-order valence-corrected chi connectivity index (χ4v) is 6.56. The van der Waals surface area contributed by atoms with Gasteiger partial charge in [-0.25, -0.2) is 0 Å². The summed E-state index contributed by atoms with van der Waals surface area (Å²) in [5, 5.41) is 0. The molecule has 0 aliphatic rings. The van der Waals surface area contributed by atoms with Gasteiger partial charge < -0.3 is 14.2 Å². The van der Waals surface area contributed by atoms with Crippen molar-refractivity contribution < 1.29 is 28.6 Å². The van der Waals surface area contributed by atoms with Crippen LogP contribution in [0.2, 0.25) is 0 Å². The third kappa shape index (κ3) is 47.4. The van der Waals surface area contributed by atoms with Crippen molar-refractivity contribution in [3.05, 3.63) is 97.2 Å². The quantitative estimate of drug-likeness (QED) is 0.0263. The highest BCUT2D eigenvalue weighted by molar-refractivity contribution is 5.71. The molecule has 0 aliphatic heterocycles. The lowest BCUT2D eigenvalue weighted by atomic mass is 10.1. The predicted molar refractivity (Wildman–Crippen MR) is 265 cm³/mol. The van der Waals surface area contributed by atoms with Crippen LogP contribution in [0.5, 0.6) is 0 Å². The van der Waals surface area contributed by atoms with Crippen LogP contribution in [0.4, 0.5) is 0 Å². The van der Waals surface area contributed by atoms with E-state index in [1.54, 1.807) is 0 Å². The molecule has 0 saturated heterocycles. The van der Waals surface area contributed by atoms with Crippen LogP contribution in [0.3, 0.4) is 0 Å². The van der Waals surface area contributed by atoms with E-state index in [4.69, 9.17) is 14.2 Å². The zero-order chi connectivity index (χ0) is 45.1. The van der Waals surface area contributed by atoms with Crippen molar-refractivity contribution in [1.82, 2.24) is 0 Å². The Bertz CT molecular complexity index is 1260. The molecule has 0 heterocycles. The number of carbonyl (C=O) groups excluding carboxylic acids is 3. The van der Waals surface area contributed by atoms with Gasteiger partial charge in [0.2, 0.25) is 0 Å². The molecule has 0 aromatic carbocycles. The summed E-state index contributed by atoms with van der Waals surface area (Å²) in [5.74, 6) is -0.980. The Morgan fingerprint density at radius 3 is 1.02 bits per heavy atom. The Labute approximate surface area is 381 Å². The van der Waals surface area contributed by atoms with E-state index in [9.17, 15) is 14.4 Å². The van der Waals surface area contributed by atoms with Gasteiger partial charge in [0.05, 0.1) is 0 Å². The van der Waals surface area contributed by atoms with Crippen LogP contribution >= 0.6 is 0 Å². The molecule has 0 aromatic rings. The zero-order valence-corrected chi connectivity index (χ0v) is 40.1. The van der Waals surface area contributed by atoms with Crippen LogP contribution in [0.15, 0.2) is 97.2 Å². The number of carbonyl (C=O) groups is 3. The summed E-state index contributed by atoms with van der Waals surface area (Å²) >= 11 is 0. The van der Waals surface area contributed by atoms with Crippen molar-refractivity contribution in [3.8, 4) is 0 Å². The minimum absolute atomic E-state index is 0.106. The molecule has 62 heavy (non-hydrogen) atoms. The summed E-state index contributed by atoms with van der Waals surface area (Å²) in [6.45, 7) is 6.33. The molecular formula is C56H92O6. The van der Waals surface area contributed by atoms with Crippen molar-refractivity contribution >= 4 is 17.9 Å². The van der Waals surface area contributed by atoms with Crippen LogP contribution < -0.4 is 0 Å². The molecule has 0 amide bonds. The monoisotopic (exact) mass is 861 g/mol. The van der Waals surface area contributed by atoms with Gasteiger partial charge in [-0.2, -0.15) is 0 Å². The van der Waals surface area contributed by atoms with Crippen molar-refractivity contribution in [2.75, 3.05) is 13.2 Å². The van der Waals surface area contributed by atoms with Gasteiger partial charge in [-0.3, -0.25) is 14.4 Å². The van der Waals surface area contributed by atoms with Crippen LogP contribution in [0.25, 0.3) is 0 Å². The molecule has 0 fully saturated rings. The van der Waals surface area contributed by atoms with Crippen LogP contribution in [0, 0.1) is 0 Å². The van der Waals surface area contributed by atoms with Gasteiger partial charge in [-0.15, -0.1) is 0 Å². The minimum Gasteiger partial charge on any atom is -0.462 e. The molecule has 0 N–H and O–H groups in total. The standard InChI is InChI=1S/C56H92O6/c1-4-7-10-13-16-19-22-25-28-29-32-34-37-40-43-46-49-55(58)61-52-53(62-56(59)50-47-44-41-38-35-31-27-24-21-18-15-12-9-6-3)51-60-54(57)48-45-42-39-36-33-30-26-23-20-17-14-11-8-5-2/h7,9-10,12,16,18-19,21,25,27-28,30-34,53H,4-6,8,11,13-15,17,20,22-24,26,29,35-52H2,1-3H3/b10-7-,12-9-,19-16-,21-18-,28-25-,31-27-,33-30-,34-32-. The molecular weight excluding hydrogens is 769 g/mol. The number of rotatable bonds is 44. The first kappa shape index (κ1) is 58.3. The predicted octanol–water partition coefficient (Wildman–Crippen LogP) is 16.6. The molecule has 6 nitrogen and oxygen atoms in total. The van der Waals surface area contributed by atoms with Gasteiger partial charge in [0, 0.05) is 19.3 Å². The first-order valence-corrected chi connectivity index (χ1v) is 25.2. The Morgan fingerprint density at radius 1 is 0.339 bits per heavy atom. The summed E-state index contributed by atoms with van der Waals surface area (Å²) in [7, 11) is 0. The lowest BCUT2D eigenvalue weighted by Crippen LogP contribution is -2.30. The number of unbranched alkanes of at least 4 members (excludes halogenated alkanes) is 17. The Hall–Kier alpha value is -3.67. The molecule has 6 heteroatoms. The van der Waals surface area contributed by atoms with E-state index in [2.05, 4.69) is 118 Å². The van der Waals surface area contributed by atoms with Gasteiger partial charge in [-0.05, 0) is 116 Å². The van der Waals surface area contributed by atoms with Crippen molar-refractivity contribution in [3.63, 3.8) is 0 Å². The smallest absolute Gasteiger partial charge is 0.306 e. The van der Waals surface area contributed by atoms with E-state index >= 15 is 0 Å². The summed E-state index contributed by atoms with van der Waals surface area (Å²) in [4.78, 5) is 37.9. The topological polar surface area (TPSA) is 78.9 Å². The molecule has 1 unspecified atom stereocenters. The number of allylic oxidation sites excluding steroid dienone is 16. The molecule has 1 atom stereocenters. The lowest BCUT2D eigenvalue weighted by Gasteiger charge is -2.18. The summed E-state index contributed by atoms with van der Waals surface area (Å²) in [6, 6.07) is 0. The maximum atomic E-state index is 12.8. The lowest BCUT2D eigenvalue weighted by molar-refractivity contribution is -0.167. The third-order valence-electron chi connectivity index (χ3n) is 10.3. The van der Waals surface area contributed by atoms with E-state index in [0.29, 0.717) is 12.8 Å². The van der Waals surface area contributed by atoms with E-state index in [1.807, 2.05) is 0 Å². The van der Waals surface area contributed by atoms with Gasteiger partial charge >= 0.3 is 17.9 Å². The van der Waals surface area contributed by atoms with Crippen molar-refractivity contribution in [1.29, 1.82) is 0 Å². The Morgan fingerprint density at radius 2 is 0.629 bits per heavy atom. The average Bonchev–Trinajstić information content (AvgIpc) is 3.27. The third-order valence-corrected chi connectivity index (χ3v) is 10.3. The highest BCUT2D eigenvalue weighted by Crippen LogP contribution is 2.12. The molecule has 0 radical (unpaired) electrons. The summed E-state index contributed by atoms with van der Waals surface area (Å²) in [6.07, 6.45) is 65.3. The van der Waals surface area contributed by atoms with Crippen LogP contribution in [-0.2, 0) is 28.6 Å². The first-order chi connectivity index (χ1) is 30.5. The number of esters is 3. The second kappa shape index (κ2) is 50.0. The van der Waals surface area contributed by atoms with E-state index in [1.165, 1.54) is 44.9 Å². The highest BCUT2D eigenvalue weighted by Gasteiger charge is 2.19. The molecule has 0 saturated carbocycles. The van der Waals surface area contributed by atoms with Gasteiger partial charge in [-0.1, -0.05) is 182 Å². The fraction of sp³-hybridized carbons (Fsp3) is 0.661. The van der Waals surface area contributed by atoms with Crippen LogP contribution in [0.1, 0.15) is 220 Å². The SMILES string of the molecule is CC/C=C\C/C=C\C/C=C\C/C=C\CCCCCC(=O)OCC(COC(=O)CCCCC/C=C\CCCCCCCCC)OC(=O)CCCCCC/C=C\C/C=C\C/C=C\CC. The van der Waals surface area contributed by atoms with E-state index in [0.717, 1.165) is 135 Å². The Kier molecular flexibility index (Phi) is 47.0. The second-order valence-electron chi connectivity index (χ2n) is 16.3. The Balaban J connectivity index is 4.51. The summed E-state index contributed by atoms with van der Waals surface area (Å²) < 4.78 is 16.7. The molecule has 0 aliphatic carbocycles. The molecule has 0 aromatic heterocycles. The van der Waals surface area contributed by atoms with Gasteiger partial charge in [0.1, 0.15) is 13.2 Å². The largest absolute Gasteiger partial charge is 0.462 e. The average molecular weight is 861 g/mol. The van der Waals surface area contributed by atoms with Gasteiger partial charge in [0.15, 0.2) is 6.10 Å². The van der Waals surface area contributed by atoms with Crippen molar-refractivity contribution in [2.45, 2.75) is 226 Å². The fourth-order valence-electron chi connectivity index (χ4n) is 6.56. The summed E-state index contributed by atoms with van der Waals surface area (Å²) in [5.41, 5.74) is 0. The van der Waals surface area contributed by atoms with E-state index in [-0.39, 0.29) is 37.5 Å². The highest BCUT2D eigenvalue weighted by atomic mass is 16.6. The maximum absolute atomic E-state index is 12.8. The van der Waals surface area contributed by atoms with Crippen LogP contribution in [-0.4, -0.2) is 37.2 Å².